The number of aryl methyl sites for hydroxylation is 2. The van der Waals surface area contributed by atoms with Gasteiger partial charge in [0.15, 0.2) is 0 Å². The van der Waals surface area contributed by atoms with Gasteiger partial charge in [0.05, 0.1) is 17.9 Å². The van der Waals surface area contributed by atoms with E-state index >= 15 is 0 Å². The summed E-state index contributed by atoms with van der Waals surface area (Å²) in [6.45, 7) is 5.00. The Kier molecular flexibility index (Phi) is 3.84. The van der Waals surface area contributed by atoms with Gasteiger partial charge in [0.2, 0.25) is 0 Å². The maximum atomic E-state index is 10.2. The zero-order chi connectivity index (χ0) is 12.4. The van der Waals surface area contributed by atoms with Crippen LogP contribution < -0.4 is 0 Å². The van der Waals surface area contributed by atoms with Crippen LogP contribution in [0, 0.1) is 5.92 Å². The standard InChI is InChI=1S/C13H22N2O2/c1-4-10-7-11(15(3)14-10)8-12(16)13-9(2)5-6-17-13/h7,9,12-13,16H,4-6,8H2,1-3H3. The predicted molar refractivity (Wildman–Crippen MR) is 65.8 cm³/mol. The molecule has 1 aliphatic heterocycles. The molecule has 0 radical (unpaired) electrons. The minimum Gasteiger partial charge on any atom is -0.390 e. The van der Waals surface area contributed by atoms with Crippen molar-refractivity contribution in [1.29, 1.82) is 0 Å². The summed E-state index contributed by atoms with van der Waals surface area (Å²) in [5.74, 6) is 0.448. The lowest BCUT2D eigenvalue weighted by Gasteiger charge is -2.21. The highest BCUT2D eigenvalue weighted by Crippen LogP contribution is 2.24. The fraction of sp³-hybridized carbons (Fsp3) is 0.769. The molecule has 0 aromatic carbocycles. The van der Waals surface area contributed by atoms with Gasteiger partial charge in [0.1, 0.15) is 0 Å². The molecular formula is C13H22N2O2. The monoisotopic (exact) mass is 238 g/mol. The largest absolute Gasteiger partial charge is 0.390 e. The van der Waals surface area contributed by atoms with Crippen LogP contribution in [0.25, 0.3) is 0 Å². The number of aromatic nitrogens is 2. The zero-order valence-electron chi connectivity index (χ0n) is 10.9. The molecule has 1 N–H and O–H groups in total. The minimum absolute atomic E-state index is 0.0185. The molecule has 2 heterocycles. The molecule has 0 saturated carbocycles. The van der Waals surface area contributed by atoms with Gasteiger partial charge in [-0.1, -0.05) is 13.8 Å². The van der Waals surface area contributed by atoms with Gasteiger partial charge in [-0.05, 0) is 24.8 Å². The third-order valence-electron chi connectivity index (χ3n) is 3.63. The van der Waals surface area contributed by atoms with Crippen LogP contribution in [0.3, 0.4) is 0 Å². The summed E-state index contributed by atoms with van der Waals surface area (Å²) in [6.07, 6.45) is 2.16. The number of aliphatic hydroxyl groups is 1. The first-order valence-corrected chi connectivity index (χ1v) is 6.43. The van der Waals surface area contributed by atoms with Crippen molar-refractivity contribution in [3.8, 4) is 0 Å². The third-order valence-corrected chi connectivity index (χ3v) is 3.63. The molecule has 96 valence electrons. The fourth-order valence-corrected chi connectivity index (χ4v) is 2.47. The molecule has 4 heteroatoms. The first-order valence-electron chi connectivity index (χ1n) is 6.43. The van der Waals surface area contributed by atoms with Gasteiger partial charge in [0, 0.05) is 25.8 Å². The average molecular weight is 238 g/mol. The van der Waals surface area contributed by atoms with Crippen LogP contribution >= 0.6 is 0 Å². The van der Waals surface area contributed by atoms with Crippen LogP contribution in [-0.2, 0) is 24.6 Å². The molecule has 4 nitrogen and oxygen atoms in total. The summed E-state index contributed by atoms with van der Waals surface area (Å²) in [5.41, 5.74) is 2.16. The van der Waals surface area contributed by atoms with E-state index in [0.29, 0.717) is 12.3 Å². The number of ether oxygens (including phenoxy) is 1. The molecule has 1 aromatic heterocycles. The molecule has 3 unspecified atom stereocenters. The molecule has 1 fully saturated rings. The Morgan fingerprint density at radius 2 is 2.41 bits per heavy atom. The average Bonchev–Trinajstić information content (AvgIpc) is 2.86. The summed E-state index contributed by atoms with van der Waals surface area (Å²) >= 11 is 0. The van der Waals surface area contributed by atoms with Crippen molar-refractivity contribution >= 4 is 0 Å². The van der Waals surface area contributed by atoms with Crippen molar-refractivity contribution in [3.05, 3.63) is 17.5 Å². The molecule has 1 saturated heterocycles. The smallest absolute Gasteiger partial charge is 0.0864 e. The number of rotatable bonds is 4. The summed E-state index contributed by atoms with van der Waals surface area (Å²) in [4.78, 5) is 0. The van der Waals surface area contributed by atoms with Gasteiger partial charge in [-0.25, -0.2) is 0 Å². The topological polar surface area (TPSA) is 47.3 Å². The fourth-order valence-electron chi connectivity index (χ4n) is 2.47. The van der Waals surface area contributed by atoms with E-state index in [2.05, 4.69) is 25.0 Å². The Hall–Kier alpha value is -0.870. The molecule has 2 rings (SSSR count). The molecule has 17 heavy (non-hydrogen) atoms. The van der Waals surface area contributed by atoms with Gasteiger partial charge in [-0.2, -0.15) is 5.10 Å². The second-order valence-electron chi connectivity index (χ2n) is 4.98. The summed E-state index contributed by atoms with van der Waals surface area (Å²) in [7, 11) is 1.93. The Balaban J connectivity index is 2.01. The van der Waals surface area contributed by atoms with Crippen LogP contribution in [0.2, 0.25) is 0 Å². The maximum absolute atomic E-state index is 10.2. The minimum atomic E-state index is -0.424. The van der Waals surface area contributed by atoms with Crippen molar-refractivity contribution < 1.29 is 9.84 Å². The first kappa shape index (κ1) is 12.6. The number of aliphatic hydroxyl groups excluding tert-OH is 1. The van der Waals surface area contributed by atoms with Crippen molar-refractivity contribution in [3.63, 3.8) is 0 Å². The third kappa shape index (κ3) is 2.69. The second kappa shape index (κ2) is 5.19. The van der Waals surface area contributed by atoms with Crippen LogP contribution in [0.4, 0.5) is 0 Å². The Bertz CT molecular complexity index is 375. The number of hydrogen-bond donors (Lipinski definition) is 1. The molecule has 1 aromatic rings. The number of hydrogen-bond acceptors (Lipinski definition) is 3. The van der Waals surface area contributed by atoms with Gasteiger partial charge in [-0.15, -0.1) is 0 Å². The lowest BCUT2D eigenvalue weighted by Crippen LogP contribution is -2.32. The van der Waals surface area contributed by atoms with E-state index in [1.54, 1.807) is 0 Å². The molecule has 0 spiro atoms. The van der Waals surface area contributed by atoms with E-state index in [1.807, 2.05) is 11.7 Å². The van der Waals surface area contributed by atoms with E-state index in [-0.39, 0.29) is 6.10 Å². The van der Waals surface area contributed by atoms with Crippen LogP contribution in [0.15, 0.2) is 6.07 Å². The quantitative estimate of drug-likeness (QED) is 0.860. The Morgan fingerprint density at radius 3 is 2.94 bits per heavy atom. The molecule has 1 aliphatic rings. The Morgan fingerprint density at radius 1 is 1.65 bits per heavy atom. The van der Waals surface area contributed by atoms with Gasteiger partial charge in [0.25, 0.3) is 0 Å². The van der Waals surface area contributed by atoms with E-state index in [9.17, 15) is 5.11 Å². The lowest BCUT2D eigenvalue weighted by atomic mass is 9.96. The first-order chi connectivity index (χ1) is 8.11. The predicted octanol–water partition coefficient (Wildman–Crippen LogP) is 1.31. The Labute approximate surface area is 103 Å². The molecule has 0 amide bonds. The van der Waals surface area contributed by atoms with Crippen molar-refractivity contribution in [2.45, 2.75) is 45.3 Å². The van der Waals surface area contributed by atoms with E-state index in [0.717, 1.165) is 30.8 Å². The van der Waals surface area contributed by atoms with Gasteiger partial charge < -0.3 is 9.84 Å². The molecule has 0 bridgehead atoms. The second-order valence-corrected chi connectivity index (χ2v) is 4.98. The van der Waals surface area contributed by atoms with Crippen LogP contribution in [-0.4, -0.2) is 33.7 Å². The van der Waals surface area contributed by atoms with Crippen LogP contribution in [0.1, 0.15) is 31.7 Å². The number of nitrogens with zero attached hydrogens (tertiary/aromatic N) is 2. The van der Waals surface area contributed by atoms with Gasteiger partial charge in [-0.3, -0.25) is 4.68 Å². The summed E-state index contributed by atoms with van der Waals surface area (Å²) < 4.78 is 7.46. The SMILES string of the molecule is CCc1cc(CC(O)C2OCCC2C)n(C)n1. The van der Waals surface area contributed by atoms with Crippen molar-refractivity contribution in [1.82, 2.24) is 9.78 Å². The summed E-state index contributed by atoms with van der Waals surface area (Å²) in [6, 6.07) is 2.07. The molecule has 3 atom stereocenters. The summed E-state index contributed by atoms with van der Waals surface area (Å²) in [5, 5.41) is 14.6. The van der Waals surface area contributed by atoms with E-state index in [1.165, 1.54) is 0 Å². The highest BCUT2D eigenvalue weighted by molar-refractivity contribution is 5.11. The molecular weight excluding hydrogens is 216 g/mol. The van der Waals surface area contributed by atoms with E-state index in [4.69, 9.17) is 4.74 Å². The maximum Gasteiger partial charge on any atom is 0.0864 e. The lowest BCUT2D eigenvalue weighted by molar-refractivity contribution is -0.0165. The van der Waals surface area contributed by atoms with Crippen molar-refractivity contribution in [2.24, 2.45) is 13.0 Å². The normalized spacial score (nSPS) is 26.4. The van der Waals surface area contributed by atoms with Gasteiger partial charge >= 0.3 is 0 Å². The van der Waals surface area contributed by atoms with Crippen LogP contribution in [0.5, 0.6) is 0 Å². The highest BCUT2D eigenvalue weighted by Gasteiger charge is 2.31. The van der Waals surface area contributed by atoms with E-state index < -0.39 is 6.10 Å². The highest BCUT2D eigenvalue weighted by atomic mass is 16.5. The molecule has 0 aliphatic carbocycles. The van der Waals surface area contributed by atoms with Crippen molar-refractivity contribution in [2.75, 3.05) is 6.61 Å². The zero-order valence-corrected chi connectivity index (χ0v) is 10.9.